The van der Waals surface area contributed by atoms with E-state index in [4.69, 9.17) is 0 Å². The zero-order valence-electron chi connectivity index (χ0n) is 31.1. The fraction of sp³-hybridized carbons (Fsp3) is 0.450. The number of H-pyrrole nitrogens is 1. The highest BCUT2D eigenvalue weighted by atomic mass is 32.2. The average molecular weight is 734 g/mol. The van der Waals surface area contributed by atoms with Gasteiger partial charge in [-0.1, -0.05) is 77.8 Å². The largest absolute Gasteiger partial charge is 0.361 e. The molecular formula is C40H55N5O4S2. The highest BCUT2D eigenvalue weighted by Gasteiger charge is 2.27. The number of sulfonamides is 1. The summed E-state index contributed by atoms with van der Waals surface area (Å²) >= 11 is 1.67. The van der Waals surface area contributed by atoms with Crippen LogP contribution in [0.4, 0.5) is 16.2 Å². The lowest BCUT2D eigenvalue weighted by atomic mass is 9.87. The number of aromatic amines is 1. The number of carbonyl (C=O) groups excluding carboxylic acids is 2. The number of para-hydroxylation sites is 1. The molecule has 9 nitrogen and oxygen atoms in total. The first kappa shape index (κ1) is 39.8. The molecule has 1 unspecified atom stereocenters. The number of nitrogens with zero attached hydrogens (tertiary/aromatic N) is 1. The molecule has 0 spiro atoms. The van der Waals surface area contributed by atoms with E-state index < -0.39 is 22.1 Å². The van der Waals surface area contributed by atoms with E-state index >= 15 is 0 Å². The van der Waals surface area contributed by atoms with Crippen LogP contribution in [0.25, 0.3) is 10.9 Å². The molecule has 0 fully saturated rings. The molecule has 0 bridgehead atoms. The van der Waals surface area contributed by atoms with Gasteiger partial charge in [-0.2, -0.15) is 11.8 Å². The molecule has 1 heterocycles. The van der Waals surface area contributed by atoms with Gasteiger partial charge in [-0.15, -0.1) is 0 Å². The van der Waals surface area contributed by atoms with Gasteiger partial charge in [0.15, 0.2) is 0 Å². The second-order valence-corrected chi connectivity index (χ2v) is 17.5. The molecule has 0 radical (unpaired) electrons. The lowest BCUT2D eigenvalue weighted by Gasteiger charge is -2.26. The van der Waals surface area contributed by atoms with Crippen molar-refractivity contribution >= 4 is 56.0 Å². The summed E-state index contributed by atoms with van der Waals surface area (Å²) in [6.07, 6.45) is 7.82. The summed E-state index contributed by atoms with van der Waals surface area (Å²) < 4.78 is 29.3. The van der Waals surface area contributed by atoms with Crippen LogP contribution >= 0.6 is 11.8 Å². The van der Waals surface area contributed by atoms with Gasteiger partial charge in [-0.05, 0) is 96.7 Å². The van der Waals surface area contributed by atoms with Crippen molar-refractivity contribution in [3.8, 4) is 0 Å². The summed E-state index contributed by atoms with van der Waals surface area (Å²) in [4.78, 5) is 30.4. The number of carbonyl (C=O) groups is 2. The quantitative estimate of drug-likeness (QED) is 0.0811. The molecule has 3 aromatic carbocycles. The van der Waals surface area contributed by atoms with Crippen molar-refractivity contribution in [2.75, 3.05) is 28.2 Å². The number of aromatic nitrogens is 1. The third-order valence-electron chi connectivity index (χ3n) is 8.96. The van der Waals surface area contributed by atoms with Gasteiger partial charge in [0, 0.05) is 41.8 Å². The Kier molecular flexibility index (Phi) is 14.1. The number of amides is 3. The summed E-state index contributed by atoms with van der Waals surface area (Å²) in [7, 11) is -3.84. The van der Waals surface area contributed by atoms with Crippen LogP contribution in [0.5, 0.6) is 0 Å². The Morgan fingerprint density at radius 1 is 0.882 bits per heavy atom. The number of fused-ring (bicyclic) bond motifs is 1. The zero-order valence-corrected chi connectivity index (χ0v) is 32.7. The number of hydrogen-bond acceptors (Lipinski definition) is 5. The van der Waals surface area contributed by atoms with Gasteiger partial charge in [0.25, 0.3) is 10.0 Å². The van der Waals surface area contributed by atoms with Crippen molar-refractivity contribution in [1.82, 2.24) is 15.6 Å². The molecule has 4 aromatic rings. The third kappa shape index (κ3) is 11.3. The predicted molar refractivity (Wildman–Crippen MR) is 213 cm³/mol. The summed E-state index contributed by atoms with van der Waals surface area (Å²) in [5.41, 5.74) is 3.83. The van der Waals surface area contributed by atoms with Gasteiger partial charge >= 0.3 is 6.03 Å². The van der Waals surface area contributed by atoms with E-state index in [2.05, 4.69) is 55.6 Å². The lowest BCUT2D eigenvalue weighted by molar-refractivity contribution is -0.123. The number of thioether (sulfide) groups is 1. The highest BCUT2D eigenvalue weighted by molar-refractivity contribution is 7.98. The Labute approximate surface area is 308 Å². The molecule has 3 amide bonds. The molecule has 51 heavy (non-hydrogen) atoms. The molecule has 0 aliphatic carbocycles. The van der Waals surface area contributed by atoms with E-state index in [1.165, 1.54) is 4.31 Å². The van der Waals surface area contributed by atoms with Gasteiger partial charge in [0.05, 0.1) is 10.6 Å². The van der Waals surface area contributed by atoms with Crippen molar-refractivity contribution in [3.63, 3.8) is 0 Å². The van der Waals surface area contributed by atoms with Crippen LogP contribution in [0.3, 0.4) is 0 Å². The van der Waals surface area contributed by atoms with E-state index in [0.29, 0.717) is 36.7 Å². The Balaban J connectivity index is 1.50. The monoisotopic (exact) mass is 733 g/mol. The molecule has 4 N–H and O–H groups in total. The number of anilines is 2. The molecule has 11 heteroatoms. The summed E-state index contributed by atoms with van der Waals surface area (Å²) in [5, 5.41) is 9.85. The van der Waals surface area contributed by atoms with Gasteiger partial charge in [0.2, 0.25) is 5.91 Å². The molecule has 276 valence electrons. The van der Waals surface area contributed by atoms with E-state index in [1.54, 1.807) is 48.2 Å². The average Bonchev–Trinajstić information content (AvgIpc) is 3.49. The fourth-order valence-corrected chi connectivity index (χ4v) is 7.93. The minimum absolute atomic E-state index is 0.0364. The maximum Gasteiger partial charge on any atom is 0.319 e. The first-order valence-corrected chi connectivity index (χ1v) is 20.7. The van der Waals surface area contributed by atoms with Crippen LogP contribution in [0.15, 0.2) is 83.9 Å². The maximum atomic E-state index is 13.9. The van der Waals surface area contributed by atoms with Gasteiger partial charge < -0.3 is 20.9 Å². The molecule has 0 saturated heterocycles. The number of nitrogens with one attached hydrogen (secondary N) is 4. The van der Waals surface area contributed by atoms with E-state index in [0.717, 1.165) is 47.0 Å². The minimum Gasteiger partial charge on any atom is -0.361 e. The summed E-state index contributed by atoms with van der Waals surface area (Å²) in [5.74, 6) is 1.17. The third-order valence-corrected chi connectivity index (χ3v) is 11.5. The smallest absolute Gasteiger partial charge is 0.319 e. The number of rotatable bonds is 17. The number of urea groups is 1. The van der Waals surface area contributed by atoms with Gasteiger partial charge in [-0.3, -0.25) is 9.10 Å². The van der Waals surface area contributed by atoms with Gasteiger partial charge in [0.1, 0.15) is 6.04 Å². The van der Waals surface area contributed by atoms with Crippen LogP contribution in [-0.4, -0.2) is 56.0 Å². The van der Waals surface area contributed by atoms with Gasteiger partial charge in [-0.25, -0.2) is 13.2 Å². The molecule has 0 aliphatic heterocycles. The van der Waals surface area contributed by atoms with Crippen LogP contribution in [-0.2, 0) is 26.7 Å². The van der Waals surface area contributed by atoms with E-state index in [-0.39, 0.29) is 22.3 Å². The normalized spacial score (nSPS) is 13.2. The van der Waals surface area contributed by atoms with Crippen LogP contribution < -0.4 is 20.3 Å². The van der Waals surface area contributed by atoms with Crippen molar-refractivity contribution in [3.05, 3.63) is 90.1 Å². The summed E-state index contributed by atoms with van der Waals surface area (Å²) in [6.45, 7) is 13.0. The topological polar surface area (TPSA) is 123 Å². The molecule has 4 rings (SSSR count). The standard InChI is InChI=1S/C40H55N5O4S2/c1-28(2)12-10-13-29(3)42-38(46)37(26-30-27-41-36-15-9-8-14-35(30)36)44-39(47)43-32-18-20-33(21-19-32)45(24-11-25-50-7)51(48,49)34-22-16-31(17-23-34)40(4,5)6/h8-9,14-23,27-29,37,41H,10-13,24-26H2,1-7H3,(H,42,46)(H2,43,44,47)/t29?,37-/m1/s1. The second-order valence-electron chi connectivity index (χ2n) is 14.7. The minimum atomic E-state index is -3.84. The number of hydrogen-bond donors (Lipinski definition) is 4. The molecule has 0 aliphatic rings. The first-order valence-electron chi connectivity index (χ1n) is 17.8. The Morgan fingerprint density at radius 3 is 2.22 bits per heavy atom. The van der Waals surface area contributed by atoms with E-state index in [9.17, 15) is 18.0 Å². The van der Waals surface area contributed by atoms with Crippen molar-refractivity contribution < 1.29 is 18.0 Å². The SMILES string of the molecule is CSCCCN(c1ccc(NC(=O)N[C@H](Cc2c[nH]c3ccccc23)C(=O)NC(C)CCCC(C)C)cc1)S(=O)(=O)c1ccc(C(C)(C)C)cc1. The lowest BCUT2D eigenvalue weighted by Crippen LogP contribution is -2.51. The maximum absolute atomic E-state index is 13.9. The fourth-order valence-electron chi connectivity index (χ4n) is 6.01. The van der Waals surface area contributed by atoms with Crippen LogP contribution in [0.1, 0.15) is 78.4 Å². The Morgan fingerprint density at radius 2 is 1.57 bits per heavy atom. The molecule has 0 saturated carbocycles. The molecule has 2 atom stereocenters. The Hall–Kier alpha value is -3.96. The van der Waals surface area contributed by atoms with Crippen LogP contribution in [0, 0.1) is 5.92 Å². The Bertz CT molecular complexity index is 1830. The van der Waals surface area contributed by atoms with Crippen molar-refractivity contribution in [1.29, 1.82) is 0 Å². The van der Waals surface area contributed by atoms with Crippen molar-refractivity contribution in [2.45, 2.75) is 96.0 Å². The van der Waals surface area contributed by atoms with Crippen molar-refractivity contribution in [2.24, 2.45) is 5.92 Å². The number of benzene rings is 3. The van der Waals surface area contributed by atoms with Crippen LogP contribution in [0.2, 0.25) is 0 Å². The zero-order chi connectivity index (χ0) is 37.2. The summed E-state index contributed by atoms with van der Waals surface area (Å²) in [6, 6.07) is 20.3. The first-order chi connectivity index (χ1) is 24.2. The second kappa shape index (κ2) is 18.0. The molecule has 1 aromatic heterocycles. The predicted octanol–water partition coefficient (Wildman–Crippen LogP) is 8.48. The van der Waals surface area contributed by atoms with E-state index in [1.807, 2.05) is 55.8 Å². The highest BCUT2D eigenvalue weighted by Crippen LogP contribution is 2.29. The molecular weight excluding hydrogens is 679 g/mol.